The summed E-state index contributed by atoms with van der Waals surface area (Å²) in [5.74, 6) is 1.14. The quantitative estimate of drug-likeness (QED) is 0.846. The average molecular weight is 285 g/mol. The Bertz CT molecular complexity index is 541. The second-order valence-corrected chi connectivity index (χ2v) is 5.73. The van der Waals surface area contributed by atoms with Crippen molar-refractivity contribution in [2.75, 3.05) is 7.05 Å². The number of imidazole rings is 1. The number of hydrogen-bond acceptors (Lipinski definition) is 2. The van der Waals surface area contributed by atoms with Crippen LogP contribution in [0, 0.1) is 0 Å². The average Bonchev–Trinajstić information content (AvgIpc) is 2.94. The molecular weight excluding hydrogens is 258 g/mol. The van der Waals surface area contributed by atoms with Gasteiger partial charge in [0.2, 0.25) is 0 Å². The number of benzene rings is 1. The first-order chi connectivity index (χ1) is 10.2. The van der Waals surface area contributed by atoms with Gasteiger partial charge in [0.1, 0.15) is 5.82 Å². The highest BCUT2D eigenvalue weighted by Crippen LogP contribution is 2.36. The van der Waals surface area contributed by atoms with Crippen LogP contribution < -0.4 is 5.32 Å². The van der Waals surface area contributed by atoms with Gasteiger partial charge in [-0.3, -0.25) is 0 Å². The number of aryl methyl sites for hydroxylation is 1. The molecule has 0 aliphatic heterocycles. The summed E-state index contributed by atoms with van der Waals surface area (Å²) in [6.07, 6.45) is 7.07. The molecule has 1 aromatic heterocycles. The third kappa shape index (κ3) is 3.03. The van der Waals surface area contributed by atoms with Crippen LogP contribution in [0.1, 0.15) is 38.1 Å². The van der Waals surface area contributed by atoms with Crippen LogP contribution in [-0.4, -0.2) is 22.6 Å². The van der Waals surface area contributed by atoms with E-state index in [-0.39, 0.29) is 5.41 Å². The predicted octanol–water partition coefficient (Wildman–Crippen LogP) is 3.31. The van der Waals surface area contributed by atoms with Crippen LogP contribution in [0.3, 0.4) is 0 Å². The molecule has 0 aliphatic rings. The Morgan fingerprint density at radius 1 is 1.19 bits per heavy atom. The topological polar surface area (TPSA) is 29.9 Å². The fraction of sp³-hybridized carbons (Fsp3) is 0.500. The monoisotopic (exact) mass is 285 g/mol. The predicted molar refractivity (Wildman–Crippen MR) is 88.5 cm³/mol. The molecule has 0 aliphatic carbocycles. The van der Waals surface area contributed by atoms with Gasteiger partial charge in [0.05, 0.1) is 0 Å². The first-order valence-corrected chi connectivity index (χ1v) is 7.87. The number of rotatable bonds is 7. The molecule has 1 heterocycles. The Labute approximate surface area is 128 Å². The zero-order valence-electron chi connectivity index (χ0n) is 13.6. The summed E-state index contributed by atoms with van der Waals surface area (Å²) in [5, 5.41) is 3.56. The smallest absolute Gasteiger partial charge is 0.109 e. The zero-order chi connectivity index (χ0) is 15.3. The van der Waals surface area contributed by atoms with Crippen molar-refractivity contribution >= 4 is 0 Å². The molecule has 1 atom stereocenters. The summed E-state index contributed by atoms with van der Waals surface area (Å²) in [7, 11) is 4.13. The second-order valence-electron chi connectivity index (χ2n) is 5.73. The van der Waals surface area contributed by atoms with Gasteiger partial charge in [-0.25, -0.2) is 4.98 Å². The van der Waals surface area contributed by atoms with Crippen LogP contribution in [0.25, 0.3) is 0 Å². The van der Waals surface area contributed by atoms with E-state index in [0.29, 0.717) is 6.04 Å². The fourth-order valence-corrected chi connectivity index (χ4v) is 3.47. The van der Waals surface area contributed by atoms with Gasteiger partial charge in [-0.05, 0) is 25.5 Å². The molecule has 1 N–H and O–H groups in total. The highest BCUT2D eigenvalue weighted by Gasteiger charge is 2.37. The largest absolute Gasteiger partial charge is 0.338 e. The molecule has 114 valence electrons. The number of nitrogens with one attached hydrogen (secondary N) is 1. The number of hydrogen-bond donors (Lipinski definition) is 1. The van der Waals surface area contributed by atoms with Crippen molar-refractivity contribution in [1.82, 2.24) is 14.9 Å². The van der Waals surface area contributed by atoms with Crippen LogP contribution in [0.2, 0.25) is 0 Å². The molecule has 0 fully saturated rings. The maximum Gasteiger partial charge on any atom is 0.109 e. The summed E-state index contributed by atoms with van der Waals surface area (Å²) in [5.41, 5.74) is 1.56. The molecule has 0 saturated heterocycles. The SMILES string of the molecule is CCC(CC)(c1ccccc1)C(Cc1nccn1C)NC. The van der Waals surface area contributed by atoms with E-state index >= 15 is 0 Å². The van der Waals surface area contributed by atoms with Gasteiger partial charge < -0.3 is 9.88 Å². The minimum absolute atomic E-state index is 0.141. The molecule has 2 rings (SSSR count). The van der Waals surface area contributed by atoms with Crippen LogP contribution in [-0.2, 0) is 18.9 Å². The van der Waals surface area contributed by atoms with Crippen molar-refractivity contribution in [3.63, 3.8) is 0 Å². The molecule has 0 spiro atoms. The minimum atomic E-state index is 0.141. The van der Waals surface area contributed by atoms with Gasteiger partial charge in [-0.1, -0.05) is 44.2 Å². The Kier molecular flexibility index (Phi) is 5.18. The van der Waals surface area contributed by atoms with Gasteiger partial charge in [0.15, 0.2) is 0 Å². The van der Waals surface area contributed by atoms with Crippen molar-refractivity contribution < 1.29 is 0 Å². The van der Waals surface area contributed by atoms with Gasteiger partial charge in [-0.2, -0.15) is 0 Å². The van der Waals surface area contributed by atoms with E-state index in [9.17, 15) is 0 Å². The molecule has 3 nitrogen and oxygen atoms in total. The molecule has 0 saturated carbocycles. The second kappa shape index (κ2) is 6.90. The molecule has 0 amide bonds. The Balaban J connectivity index is 2.37. The van der Waals surface area contributed by atoms with Crippen LogP contribution in [0.4, 0.5) is 0 Å². The van der Waals surface area contributed by atoms with Gasteiger partial charge in [-0.15, -0.1) is 0 Å². The molecule has 0 bridgehead atoms. The lowest BCUT2D eigenvalue weighted by Gasteiger charge is -2.40. The molecule has 3 heteroatoms. The van der Waals surface area contributed by atoms with E-state index in [0.717, 1.165) is 25.1 Å². The normalized spacial score (nSPS) is 13.3. The zero-order valence-corrected chi connectivity index (χ0v) is 13.6. The van der Waals surface area contributed by atoms with Crippen molar-refractivity contribution in [2.45, 2.75) is 44.6 Å². The van der Waals surface area contributed by atoms with Gasteiger partial charge in [0.25, 0.3) is 0 Å². The van der Waals surface area contributed by atoms with E-state index in [1.165, 1.54) is 5.56 Å². The van der Waals surface area contributed by atoms with E-state index in [4.69, 9.17) is 0 Å². The summed E-state index contributed by atoms with van der Waals surface area (Å²) < 4.78 is 2.12. The highest BCUT2D eigenvalue weighted by molar-refractivity contribution is 5.28. The van der Waals surface area contributed by atoms with Gasteiger partial charge in [0, 0.05) is 37.3 Å². The van der Waals surface area contributed by atoms with E-state index in [1.807, 2.05) is 12.4 Å². The summed E-state index contributed by atoms with van der Waals surface area (Å²) in [6, 6.07) is 11.3. The molecule has 21 heavy (non-hydrogen) atoms. The van der Waals surface area contributed by atoms with Crippen LogP contribution in [0.15, 0.2) is 42.7 Å². The molecular formula is C18H27N3. The Hall–Kier alpha value is -1.61. The minimum Gasteiger partial charge on any atom is -0.338 e. The van der Waals surface area contributed by atoms with Crippen molar-refractivity contribution in [3.8, 4) is 0 Å². The summed E-state index contributed by atoms with van der Waals surface area (Å²) in [4.78, 5) is 4.50. The number of nitrogens with zero attached hydrogens (tertiary/aromatic N) is 2. The lowest BCUT2D eigenvalue weighted by molar-refractivity contribution is 0.276. The summed E-state index contributed by atoms with van der Waals surface area (Å²) >= 11 is 0. The summed E-state index contributed by atoms with van der Waals surface area (Å²) in [6.45, 7) is 4.58. The number of likely N-dealkylation sites (N-methyl/N-ethyl adjacent to an activating group) is 1. The molecule has 1 unspecified atom stereocenters. The van der Waals surface area contributed by atoms with E-state index < -0.39 is 0 Å². The van der Waals surface area contributed by atoms with Crippen LogP contribution >= 0.6 is 0 Å². The highest BCUT2D eigenvalue weighted by atomic mass is 15.0. The number of aromatic nitrogens is 2. The lowest BCUT2D eigenvalue weighted by atomic mass is 9.69. The molecule has 1 aromatic carbocycles. The van der Waals surface area contributed by atoms with Gasteiger partial charge >= 0.3 is 0 Å². The van der Waals surface area contributed by atoms with Crippen molar-refractivity contribution in [1.29, 1.82) is 0 Å². The maximum atomic E-state index is 4.50. The van der Waals surface area contributed by atoms with E-state index in [2.05, 4.69) is 73.1 Å². The lowest BCUT2D eigenvalue weighted by Crippen LogP contribution is -2.48. The van der Waals surface area contributed by atoms with E-state index in [1.54, 1.807) is 0 Å². The third-order valence-electron chi connectivity index (χ3n) is 4.93. The molecule has 0 radical (unpaired) electrons. The first-order valence-electron chi connectivity index (χ1n) is 7.87. The van der Waals surface area contributed by atoms with Crippen molar-refractivity contribution in [3.05, 3.63) is 54.1 Å². The van der Waals surface area contributed by atoms with Crippen LogP contribution in [0.5, 0.6) is 0 Å². The fourth-order valence-electron chi connectivity index (χ4n) is 3.47. The Morgan fingerprint density at radius 3 is 2.33 bits per heavy atom. The van der Waals surface area contributed by atoms with Crippen molar-refractivity contribution in [2.24, 2.45) is 7.05 Å². The maximum absolute atomic E-state index is 4.50. The third-order valence-corrected chi connectivity index (χ3v) is 4.93. The molecule has 2 aromatic rings. The standard InChI is InChI=1S/C18H27N3/c1-5-18(6-2,15-10-8-7-9-11-15)16(19-3)14-17-20-12-13-21(17)4/h7-13,16,19H,5-6,14H2,1-4H3. The first kappa shape index (κ1) is 15.8. The Morgan fingerprint density at radius 2 is 1.86 bits per heavy atom.